The molecule has 1 heterocycles. The molecule has 0 fully saturated rings. The average molecular weight is 569 g/mol. The van der Waals surface area contributed by atoms with Gasteiger partial charge in [-0.25, -0.2) is 4.99 Å². The first-order valence-electron chi connectivity index (χ1n) is 10.9. The van der Waals surface area contributed by atoms with E-state index in [1.807, 2.05) is 0 Å². The van der Waals surface area contributed by atoms with Crippen molar-refractivity contribution in [2.24, 2.45) is 4.99 Å². The number of benzene rings is 4. The van der Waals surface area contributed by atoms with Crippen LogP contribution < -0.4 is 4.90 Å². The molecule has 4 aromatic rings. The fourth-order valence-electron chi connectivity index (χ4n) is 4.20. The van der Waals surface area contributed by atoms with Crippen molar-refractivity contribution < 1.29 is 30.7 Å². The lowest BCUT2D eigenvalue weighted by atomic mass is 10.1. The third-order valence-corrected chi connectivity index (χ3v) is 7.90. The van der Waals surface area contributed by atoms with Crippen LogP contribution in [0.5, 0.6) is 0 Å². The van der Waals surface area contributed by atoms with E-state index in [0.717, 1.165) is 11.0 Å². The Balaban J connectivity index is 1.79. The number of hydrogen-bond donors (Lipinski definition) is 2. The number of fused-ring (bicyclic) bond motifs is 1. The van der Waals surface area contributed by atoms with Crippen molar-refractivity contribution in [2.45, 2.75) is 9.79 Å². The summed E-state index contributed by atoms with van der Waals surface area (Å²) in [6.45, 7) is 0. The third-order valence-electron chi connectivity index (χ3n) is 5.79. The number of aliphatic imine (C=N–C) groups is 1. The van der Waals surface area contributed by atoms with Crippen LogP contribution in [-0.4, -0.2) is 37.7 Å². The van der Waals surface area contributed by atoms with Gasteiger partial charge in [0.25, 0.3) is 26.1 Å². The fourth-order valence-corrected chi connectivity index (χ4v) is 5.91. The van der Waals surface area contributed by atoms with E-state index in [0.29, 0.717) is 16.1 Å². The number of amides is 1. The van der Waals surface area contributed by atoms with Gasteiger partial charge in [0.15, 0.2) is 0 Å². The van der Waals surface area contributed by atoms with Gasteiger partial charge < -0.3 is 0 Å². The van der Waals surface area contributed by atoms with E-state index in [1.165, 1.54) is 30.3 Å². The predicted octanol–water partition coefficient (Wildman–Crippen LogP) is 4.82. The zero-order chi connectivity index (χ0) is 27.2. The van der Waals surface area contributed by atoms with E-state index in [9.17, 15) is 30.7 Å². The van der Waals surface area contributed by atoms with Gasteiger partial charge in [0.2, 0.25) is 0 Å². The Hall–Kier alpha value is -3.87. The van der Waals surface area contributed by atoms with Gasteiger partial charge in [-0.05, 0) is 35.9 Å². The van der Waals surface area contributed by atoms with Crippen LogP contribution in [0.3, 0.4) is 0 Å². The normalized spacial score (nSPS) is 15.3. The summed E-state index contributed by atoms with van der Waals surface area (Å²) in [5.41, 5.74) is 0.828. The van der Waals surface area contributed by atoms with Gasteiger partial charge in [-0.1, -0.05) is 72.3 Å². The molecule has 38 heavy (non-hydrogen) atoms. The monoisotopic (exact) mass is 568 g/mol. The minimum atomic E-state index is -5.03. The summed E-state index contributed by atoms with van der Waals surface area (Å²) in [5, 5.41) is 0.127. The molecular formula is C26H17ClN2O7S2. The number of carbonyl (C=O) groups excluding carboxylic acids is 1. The van der Waals surface area contributed by atoms with Crippen molar-refractivity contribution in [3.05, 3.63) is 107 Å². The minimum absolute atomic E-state index is 0.0146. The molecule has 0 radical (unpaired) electrons. The third kappa shape index (κ3) is 4.73. The van der Waals surface area contributed by atoms with Gasteiger partial charge in [0.05, 0.1) is 5.69 Å². The van der Waals surface area contributed by atoms with Crippen molar-refractivity contribution in [2.75, 3.05) is 4.90 Å². The zero-order valence-corrected chi connectivity index (χ0v) is 21.6. The summed E-state index contributed by atoms with van der Waals surface area (Å²) in [5.74, 6) is -0.597. The topological polar surface area (TPSA) is 141 Å². The highest BCUT2D eigenvalue weighted by Crippen LogP contribution is 2.38. The molecule has 4 aromatic carbocycles. The second-order valence-electron chi connectivity index (χ2n) is 8.24. The van der Waals surface area contributed by atoms with Crippen molar-refractivity contribution in [3.8, 4) is 0 Å². The molecule has 0 saturated carbocycles. The lowest BCUT2D eigenvalue weighted by Crippen LogP contribution is -2.34. The molecular weight excluding hydrogens is 552 g/mol. The quantitative estimate of drug-likeness (QED) is 0.259. The van der Waals surface area contributed by atoms with Gasteiger partial charge >= 0.3 is 0 Å². The molecule has 0 saturated heterocycles. The molecule has 0 aromatic heterocycles. The molecule has 192 valence electrons. The van der Waals surface area contributed by atoms with Crippen LogP contribution in [0.4, 0.5) is 5.69 Å². The first-order chi connectivity index (χ1) is 17.9. The van der Waals surface area contributed by atoms with Crippen LogP contribution in [-0.2, 0) is 25.0 Å². The van der Waals surface area contributed by atoms with E-state index in [4.69, 9.17) is 11.6 Å². The summed E-state index contributed by atoms with van der Waals surface area (Å²) in [6, 6.07) is 21.2. The molecule has 0 aliphatic carbocycles. The Morgan fingerprint density at radius 1 is 0.763 bits per heavy atom. The van der Waals surface area contributed by atoms with E-state index in [2.05, 4.69) is 4.99 Å². The van der Waals surface area contributed by atoms with Crippen molar-refractivity contribution in [1.29, 1.82) is 0 Å². The molecule has 0 unspecified atom stereocenters. The minimum Gasteiger partial charge on any atom is -0.282 e. The van der Waals surface area contributed by atoms with Crippen molar-refractivity contribution >= 4 is 66.1 Å². The fraction of sp³-hybridized carbons (Fsp3) is 0. The van der Waals surface area contributed by atoms with Crippen LogP contribution in [0.15, 0.2) is 105 Å². The summed E-state index contributed by atoms with van der Waals surface area (Å²) >= 11 is 5.95. The molecule has 9 nitrogen and oxygen atoms in total. The standard InChI is InChI=1S/C26H17ClN2O7S2/c27-18-11-9-16(10-12-18)15-21-26(30)29(25(28-21)17-5-2-1-3-6-17)22-14-13-19-20(24(22)38(34,35)36)7-4-8-23(19)37(31,32)33/h1-15H,(H,31,32,33)(H,34,35,36). The number of halogens is 1. The van der Waals surface area contributed by atoms with E-state index in [1.54, 1.807) is 54.6 Å². The van der Waals surface area contributed by atoms with Crippen LogP contribution in [0.25, 0.3) is 16.8 Å². The largest absolute Gasteiger partial charge is 0.297 e. The maximum atomic E-state index is 13.7. The summed E-state index contributed by atoms with van der Waals surface area (Å²) < 4.78 is 69.1. The first kappa shape index (κ1) is 25.8. The van der Waals surface area contributed by atoms with Gasteiger partial charge in [0.1, 0.15) is 21.3 Å². The van der Waals surface area contributed by atoms with Gasteiger partial charge in [-0.2, -0.15) is 16.8 Å². The van der Waals surface area contributed by atoms with E-state index < -0.39 is 35.9 Å². The second kappa shape index (κ2) is 9.46. The smallest absolute Gasteiger partial charge is 0.282 e. The molecule has 0 bridgehead atoms. The lowest BCUT2D eigenvalue weighted by molar-refractivity contribution is -0.113. The lowest BCUT2D eigenvalue weighted by Gasteiger charge is -2.22. The highest BCUT2D eigenvalue weighted by Gasteiger charge is 2.37. The van der Waals surface area contributed by atoms with Crippen LogP contribution in [0.1, 0.15) is 11.1 Å². The SMILES string of the molecule is O=C1C(=Cc2ccc(Cl)cc2)N=C(c2ccccc2)N1c1ccc2c(S(=O)(=O)O)cccc2c1S(=O)(=O)O. The van der Waals surface area contributed by atoms with E-state index >= 15 is 0 Å². The maximum Gasteiger partial charge on any atom is 0.297 e. The number of rotatable bonds is 5. The Bertz CT molecular complexity index is 1890. The molecule has 0 atom stereocenters. The molecule has 5 rings (SSSR count). The Kier molecular flexibility index (Phi) is 6.41. The Morgan fingerprint density at radius 3 is 2.08 bits per heavy atom. The molecule has 1 amide bonds. The van der Waals surface area contributed by atoms with Crippen LogP contribution in [0.2, 0.25) is 5.02 Å². The summed E-state index contributed by atoms with van der Waals surface area (Å²) in [4.78, 5) is 18.0. The number of amidine groups is 1. The summed E-state index contributed by atoms with van der Waals surface area (Å²) in [6.07, 6.45) is 1.51. The van der Waals surface area contributed by atoms with Crippen molar-refractivity contribution in [1.82, 2.24) is 0 Å². The molecule has 1 aliphatic rings. The van der Waals surface area contributed by atoms with E-state index in [-0.39, 0.29) is 28.0 Å². The molecule has 1 aliphatic heterocycles. The van der Waals surface area contributed by atoms with Gasteiger partial charge in [0, 0.05) is 21.4 Å². The van der Waals surface area contributed by atoms with Gasteiger partial charge in [-0.15, -0.1) is 0 Å². The average Bonchev–Trinajstić information content (AvgIpc) is 3.19. The molecule has 12 heteroatoms. The van der Waals surface area contributed by atoms with Gasteiger partial charge in [-0.3, -0.25) is 18.8 Å². The number of anilines is 1. The molecule has 0 spiro atoms. The Labute approximate surface area is 222 Å². The second-order valence-corrected chi connectivity index (χ2v) is 11.4. The van der Waals surface area contributed by atoms with Crippen molar-refractivity contribution in [3.63, 3.8) is 0 Å². The predicted molar refractivity (Wildman–Crippen MR) is 143 cm³/mol. The molecule has 2 N–H and O–H groups in total. The number of carbonyl (C=O) groups is 1. The first-order valence-corrected chi connectivity index (χ1v) is 14.2. The summed E-state index contributed by atoms with van der Waals surface area (Å²) in [7, 11) is -9.76. The highest BCUT2D eigenvalue weighted by molar-refractivity contribution is 7.86. The maximum absolute atomic E-state index is 13.7. The number of nitrogens with zero attached hydrogens (tertiary/aromatic N) is 2. The highest BCUT2D eigenvalue weighted by atomic mass is 35.5. The van der Waals surface area contributed by atoms with Crippen LogP contribution >= 0.6 is 11.6 Å². The Morgan fingerprint density at radius 2 is 1.45 bits per heavy atom. The van der Waals surface area contributed by atoms with Crippen LogP contribution in [0, 0.1) is 0 Å². The number of hydrogen-bond acceptors (Lipinski definition) is 6. The zero-order valence-electron chi connectivity index (χ0n) is 19.2.